The summed E-state index contributed by atoms with van der Waals surface area (Å²) in [5.41, 5.74) is 8.95. The Balaban J connectivity index is 1.63. The highest BCUT2D eigenvalue weighted by atomic mass is 16.5. The lowest BCUT2D eigenvalue weighted by molar-refractivity contribution is 0.0592. The Bertz CT molecular complexity index is 845. The second kappa shape index (κ2) is 6.99. The van der Waals surface area contributed by atoms with Crippen molar-refractivity contribution in [3.63, 3.8) is 0 Å². The van der Waals surface area contributed by atoms with Gasteiger partial charge in [-0.1, -0.05) is 24.3 Å². The predicted molar refractivity (Wildman–Crippen MR) is 98.9 cm³/mol. The van der Waals surface area contributed by atoms with E-state index < -0.39 is 0 Å². The summed E-state index contributed by atoms with van der Waals surface area (Å²) in [7, 11) is 0. The average Bonchev–Trinajstić information content (AvgIpc) is 3.01. The van der Waals surface area contributed by atoms with Crippen molar-refractivity contribution in [1.82, 2.24) is 4.90 Å². The van der Waals surface area contributed by atoms with E-state index in [0.29, 0.717) is 5.75 Å². The van der Waals surface area contributed by atoms with E-state index in [1.165, 1.54) is 17.2 Å². The van der Waals surface area contributed by atoms with Gasteiger partial charge in [-0.2, -0.15) is 5.26 Å². The van der Waals surface area contributed by atoms with Gasteiger partial charge in [0.05, 0.1) is 11.6 Å². The number of hydrogen-bond acceptors (Lipinski definition) is 5. The van der Waals surface area contributed by atoms with Gasteiger partial charge in [-0.3, -0.25) is 4.90 Å². The summed E-state index contributed by atoms with van der Waals surface area (Å²) in [6, 6.07) is 15.7. The number of hydrogen-bond donors (Lipinski definition) is 2. The number of ether oxygens (including phenoxy) is 1. The topological polar surface area (TPSA) is 82.5 Å². The van der Waals surface area contributed by atoms with Crippen molar-refractivity contribution in [3.05, 3.63) is 59.2 Å². The van der Waals surface area contributed by atoms with E-state index in [1.54, 1.807) is 12.1 Å². The molecule has 0 aromatic heterocycles. The Morgan fingerprint density at radius 3 is 2.85 bits per heavy atom. The van der Waals surface area contributed by atoms with E-state index in [4.69, 9.17) is 15.7 Å². The maximum atomic E-state index is 9.98. The van der Waals surface area contributed by atoms with Crippen LogP contribution in [0.25, 0.3) is 0 Å². The quantitative estimate of drug-likeness (QED) is 0.890. The molecule has 134 valence electrons. The summed E-state index contributed by atoms with van der Waals surface area (Å²) in [4.78, 5) is 2.45. The Labute approximate surface area is 153 Å². The molecule has 5 nitrogen and oxygen atoms in total. The largest absolute Gasteiger partial charge is 0.506 e. The fourth-order valence-electron chi connectivity index (χ4n) is 4.17. The van der Waals surface area contributed by atoms with Gasteiger partial charge in [0, 0.05) is 18.7 Å². The summed E-state index contributed by atoms with van der Waals surface area (Å²) < 4.78 is 6.33. The van der Waals surface area contributed by atoms with Crippen molar-refractivity contribution >= 4 is 0 Å². The Morgan fingerprint density at radius 1 is 1.23 bits per heavy atom. The summed E-state index contributed by atoms with van der Waals surface area (Å²) in [5, 5.41) is 19.0. The van der Waals surface area contributed by atoms with Crippen LogP contribution in [0.5, 0.6) is 11.5 Å². The molecule has 0 bridgehead atoms. The maximum absolute atomic E-state index is 9.98. The van der Waals surface area contributed by atoms with Crippen LogP contribution in [0.15, 0.2) is 42.5 Å². The highest BCUT2D eigenvalue weighted by Crippen LogP contribution is 2.39. The molecule has 0 spiro atoms. The lowest BCUT2D eigenvalue weighted by Crippen LogP contribution is -2.49. The number of likely N-dealkylation sites (tertiary alicyclic amines) is 1. The lowest BCUT2D eigenvalue weighted by Gasteiger charge is -2.38. The van der Waals surface area contributed by atoms with Crippen LogP contribution in [0.2, 0.25) is 0 Å². The van der Waals surface area contributed by atoms with Gasteiger partial charge in [0.2, 0.25) is 0 Å². The van der Waals surface area contributed by atoms with Crippen LogP contribution in [-0.2, 0) is 6.42 Å². The second-order valence-electron chi connectivity index (χ2n) is 7.20. The van der Waals surface area contributed by atoms with Crippen LogP contribution in [0.1, 0.15) is 35.6 Å². The zero-order chi connectivity index (χ0) is 18.1. The van der Waals surface area contributed by atoms with Gasteiger partial charge < -0.3 is 15.6 Å². The first kappa shape index (κ1) is 16.9. The molecule has 2 aliphatic rings. The molecule has 26 heavy (non-hydrogen) atoms. The molecule has 1 saturated heterocycles. The van der Waals surface area contributed by atoms with Crippen LogP contribution < -0.4 is 10.5 Å². The van der Waals surface area contributed by atoms with Gasteiger partial charge in [0.25, 0.3) is 0 Å². The number of nitrogens with two attached hydrogens (primary N) is 1. The first-order valence-corrected chi connectivity index (χ1v) is 9.13. The highest BCUT2D eigenvalue weighted by Gasteiger charge is 2.39. The number of phenolic OH excluding ortho intramolecular Hbond substituents is 1. The highest BCUT2D eigenvalue weighted by molar-refractivity contribution is 5.47. The number of fused-ring (bicyclic) bond motifs is 1. The molecule has 2 aromatic rings. The first-order chi connectivity index (χ1) is 12.7. The number of nitrogens with zero attached hydrogens (tertiary/aromatic N) is 2. The molecule has 1 aliphatic heterocycles. The summed E-state index contributed by atoms with van der Waals surface area (Å²) >= 11 is 0. The minimum absolute atomic E-state index is 0.0483. The van der Waals surface area contributed by atoms with Gasteiger partial charge in [-0.15, -0.1) is 0 Å². The van der Waals surface area contributed by atoms with Crippen molar-refractivity contribution in [3.8, 4) is 17.6 Å². The molecule has 3 atom stereocenters. The molecule has 4 rings (SSSR count). The van der Waals surface area contributed by atoms with Gasteiger partial charge in [0.15, 0.2) is 0 Å². The minimum Gasteiger partial charge on any atom is -0.506 e. The van der Waals surface area contributed by atoms with Crippen LogP contribution in [0.4, 0.5) is 0 Å². The number of aromatic hydroxyl groups is 1. The number of rotatable bonds is 3. The van der Waals surface area contributed by atoms with E-state index in [1.807, 2.05) is 12.1 Å². The van der Waals surface area contributed by atoms with Crippen molar-refractivity contribution in [2.75, 3.05) is 13.1 Å². The number of piperidine rings is 1. The van der Waals surface area contributed by atoms with Gasteiger partial charge in [-0.05, 0) is 49.1 Å². The van der Waals surface area contributed by atoms with Gasteiger partial charge >= 0.3 is 0 Å². The predicted octanol–water partition coefficient (Wildman–Crippen LogP) is 2.73. The lowest BCUT2D eigenvalue weighted by atomic mass is 10.0. The normalized spacial score (nSPS) is 25.5. The SMILES string of the molecule is N#Cc1ccc(OC2c3ccccc3C[C@H]2N2CCCC(N)C2)cc1O. The molecule has 1 heterocycles. The zero-order valence-corrected chi connectivity index (χ0v) is 14.6. The van der Waals surface area contributed by atoms with Gasteiger partial charge in [-0.25, -0.2) is 0 Å². The monoisotopic (exact) mass is 349 g/mol. The molecule has 1 fully saturated rings. The molecule has 2 aromatic carbocycles. The Hall–Kier alpha value is -2.55. The van der Waals surface area contributed by atoms with E-state index in [2.05, 4.69) is 23.1 Å². The third-order valence-electron chi connectivity index (χ3n) is 5.45. The number of phenols is 1. The van der Waals surface area contributed by atoms with E-state index >= 15 is 0 Å². The van der Waals surface area contributed by atoms with Crippen LogP contribution in [-0.4, -0.2) is 35.2 Å². The molecular weight excluding hydrogens is 326 g/mol. The Morgan fingerprint density at radius 2 is 2.08 bits per heavy atom. The number of nitriles is 1. The van der Waals surface area contributed by atoms with E-state index in [9.17, 15) is 5.11 Å². The fourth-order valence-corrected chi connectivity index (χ4v) is 4.17. The molecule has 0 saturated carbocycles. The third-order valence-corrected chi connectivity index (χ3v) is 5.45. The molecule has 1 aliphatic carbocycles. The third kappa shape index (κ3) is 3.14. The molecule has 0 amide bonds. The van der Waals surface area contributed by atoms with Crippen molar-refractivity contribution in [2.45, 2.75) is 37.5 Å². The summed E-state index contributed by atoms with van der Waals surface area (Å²) in [6.07, 6.45) is 3.02. The molecule has 0 radical (unpaired) electrons. The van der Waals surface area contributed by atoms with Crippen molar-refractivity contribution in [1.29, 1.82) is 5.26 Å². The van der Waals surface area contributed by atoms with Gasteiger partial charge in [0.1, 0.15) is 23.7 Å². The van der Waals surface area contributed by atoms with E-state index in [0.717, 1.165) is 32.4 Å². The average molecular weight is 349 g/mol. The molecule has 5 heteroatoms. The zero-order valence-electron chi connectivity index (χ0n) is 14.6. The van der Waals surface area contributed by atoms with E-state index in [-0.39, 0.29) is 29.5 Å². The summed E-state index contributed by atoms with van der Waals surface area (Å²) in [6.45, 7) is 1.92. The van der Waals surface area contributed by atoms with Crippen molar-refractivity contribution < 1.29 is 9.84 Å². The maximum Gasteiger partial charge on any atom is 0.140 e. The van der Waals surface area contributed by atoms with Crippen LogP contribution in [0, 0.1) is 11.3 Å². The standard InChI is InChI=1S/C21H23N3O2/c22-12-15-7-8-17(11-20(15)25)26-21-18-6-2-1-4-14(18)10-19(21)24-9-3-5-16(23)13-24/h1-2,4,6-8,11,16,19,21,25H,3,5,9-10,13,23H2/t16?,19-,21?/m1/s1. The molecular formula is C21H23N3O2. The van der Waals surface area contributed by atoms with Crippen LogP contribution in [0.3, 0.4) is 0 Å². The van der Waals surface area contributed by atoms with Crippen LogP contribution >= 0.6 is 0 Å². The first-order valence-electron chi connectivity index (χ1n) is 9.13. The fraction of sp³-hybridized carbons (Fsp3) is 0.381. The molecule has 2 unspecified atom stereocenters. The smallest absolute Gasteiger partial charge is 0.140 e. The molecule has 3 N–H and O–H groups in total. The Kier molecular flexibility index (Phi) is 4.54. The minimum atomic E-state index is -0.108. The summed E-state index contributed by atoms with van der Waals surface area (Å²) in [5.74, 6) is 0.530. The number of benzene rings is 2. The van der Waals surface area contributed by atoms with Crippen molar-refractivity contribution in [2.24, 2.45) is 5.73 Å². The second-order valence-corrected chi connectivity index (χ2v) is 7.20.